The fraction of sp³-hybridized carbons (Fsp3) is 0.273. The van der Waals surface area contributed by atoms with Crippen LogP contribution in [0.15, 0.2) is 33.9 Å². The maximum atomic E-state index is 11.8. The van der Waals surface area contributed by atoms with Crippen molar-refractivity contribution in [3.05, 3.63) is 34.3 Å². The molecule has 1 amide bonds. The molecule has 1 atom stereocenters. The Balaban J connectivity index is 2.60. The fourth-order valence-electron chi connectivity index (χ4n) is 1.34. The lowest BCUT2D eigenvalue weighted by molar-refractivity contribution is 0.0941. The average molecular weight is 300 g/mol. The first-order chi connectivity index (χ1) is 8.02. The van der Waals surface area contributed by atoms with Crippen molar-refractivity contribution in [1.29, 1.82) is 0 Å². The summed E-state index contributed by atoms with van der Waals surface area (Å²) in [6.07, 6.45) is 0.302. The van der Waals surface area contributed by atoms with Crippen molar-refractivity contribution in [3.8, 4) is 0 Å². The van der Waals surface area contributed by atoms with Gasteiger partial charge in [-0.2, -0.15) is 0 Å². The van der Waals surface area contributed by atoms with Gasteiger partial charge in [0.25, 0.3) is 5.91 Å². The Hall–Kier alpha value is -1.56. The highest BCUT2D eigenvalue weighted by atomic mass is 79.9. The molecule has 0 saturated heterocycles. The van der Waals surface area contributed by atoms with Gasteiger partial charge in [0.2, 0.25) is 0 Å². The van der Waals surface area contributed by atoms with Gasteiger partial charge < -0.3 is 16.3 Å². The number of nitrogens with two attached hydrogens (primary N) is 1. The lowest BCUT2D eigenvalue weighted by Crippen LogP contribution is -2.35. The van der Waals surface area contributed by atoms with Gasteiger partial charge in [0.1, 0.15) is 5.84 Å². The van der Waals surface area contributed by atoms with E-state index in [-0.39, 0.29) is 17.8 Å². The highest BCUT2D eigenvalue weighted by molar-refractivity contribution is 9.10. The molecule has 1 rings (SSSR count). The molecule has 0 aliphatic carbocycles. The Morgan fingerprint density at radius 2 is 2.35 bits per heavy atom. The molecule has 17 heavy (non-hydrogen) atoms. The summed E-state index contributed by atoms with van der Waals surface area (Å²) in [5.74, 6) is -0.100. The van der Waals surface area contributed by atoms with E-state index in [1.54, 1.807) is 25.1 Å². The van der Waals surface area contributed by atoms with Crippen LogP contribution in [0.4, 0.5) is 0 Å². The Morgan fingerprint density at radius 3 is 2.94 bits per heavy atom. The second-order valence-corrected chi connectivity index (χ2v) is 4.60. The van der Waals surface area contributed by atoms with E-state index in [4.69, 9.17) is 10.9 Å². The summed E-state index contributed by atoms with van der Waals surface area (Å²) < 4.78 is 0.842. The second-order valence-electron chi connectivity index (χ2n) is 3.68. The lowest BCUT2D eigenvalue weighted by atomic mass is 10.1. The molecule has 0 aliphatic heterocycles. The number of halogens is 1. The van der Waals surface area contributed by atoms with Crippen molar-refractivity contribution in [2.45, 2.75) is 19.4 Å². The third kappa shape index (κ3) is 4.44. The molecule has 0 bridgehead atoms. The maximum absolute atomic E-state index is 11.8. The molecule has 0 fully saturated rings. The van der Waals surface area contributed by atoms with Gasteiger partial charge in [0.05, 0.1) is 0 Å². The van der Waals surface area contributed by atoms with Crippen molar-refractivity contribution >= 4 is 27.7 Å². The zero-order valence-corrected chi connectivity index (χ0v) is 10.9. The number of rotatable bonds is 4. The lowest BCUT2D eigenvalue weighted by Gasteiger charge is -2.12. The molecule has 4 N–H and O–H groups in total. The number of hydrogen-bond acceptors (Lipinski definition) is 3. The summed E-state index contributed by atoms with van der Waals surface area (Å²) in [4.78, 5) is 11.8. The summed E-state index contributed by atoms with van der Waals surface area (Å²) in [5, 5.41) is 14.0. The van der Waals surface area contributed by atoms with Crippen LogP contribution in [-0.2, 0) is 0 Å². The highest BCUT2D eigenvalue weighted by Crippen LogP contribution is 2.11. The molecular weight excluding hydrogens is 286 g/mol. The van der Waals surface area contributed by atoms with Gasteiger partial charge in [-0.3, -0.25) is 4.79 Å². The quantitative estimate of drug-likeness (QED) is 0.342. The Morgan fingerprint density at radius 1 is 1.65 bits per heavy atom. The minimum absolute atomic E-state index is 0.0899. The van der Waals surface area contributed by atoms with E-state index in [1.165, 1.54) is 0 Å². The Labute approximate surface area is 108 Å². The SMILES string of the molecule is CC(CC(N)=NO)NC(=O)c1cccc(Br)c1. The topological polar surface area (TPSA) is 87.7 Å². The largest absolute Gasteiger partial charge is 0.409 e. The number of amides is 1. The van der Waals surface area contributed by atoms with Crippen molar-refractivity contribution in [1.82, 2.24) is 5.32 Å². The van der Waals surface area contributed by atoms with E-state index in [2.05, 4.69) is 26.4 Å². The molecule has 0 saturated carbocycles. The second kappa shape index (κ2) is 6.24. The Bertz CT molecular complexity index is 434. The zero-order valence-electron chi connectivity index (χ0n) is 9.35. The molecular formula is C11H14BrN3O2. The zero-order chi connectivity index (χ0) is 12.8. The van der Waals surface area contributed by atoms with Crippen molar-refractivity contribution < 1.29 is 10.0 Å². The summed E-state index contributed by atoms with van der Waals surface area (Å²) in [7, 11) is 0. The molecule has 92 valence electrons. The molecule has 6 heteroatoms. The summed E-state index contributed by atoms with van der Waals surface area (Å²) in [6.45, 7) is 1.79. The van der Waals surface area contributed by atoms with Gasteiger partial charge in [-0.05, 0) is 25.1 Å². The number of benzene rings is 1. The van der Waals surface area contributed by atoms with Gasteiger partial charge >= 0.3 is 0 Å². The van der Waals surface area contributed by atoms with Crippen LogP contribution in [0.25, 0.3) is 0 Å². The van der Waals surface area contributed by atoms with Gasteiger partial charge in [0, 0.05) is 22.5 Å². The van der Waals surface area contributed by atoms with E-state index < -0.39 is 0 Å². The van der Waals surface area contributed by atoms with Gasteiger partial charge in [-0.1, -0.05) is 27.2 Å². The Kier molecular flexibility index (Phi) is 4.96. The number of nitrogens with one attached hydrogen (secondary N) is 1. The number of nitrogens with zero attached hydrogens (tertiary/aromatic N) is 1. The van der Waals surface area contributed by atoms with Crippen LogP contribution in [0.5, 0.6) is 0 Å². The number of hydrogen-bond donors (Lipinski definition) is 3. The maximum Gasteiger partial charge on any atom is 0.251 e. The third-order valence-electron chi connectivity index (χ3n) is 2.11. The number of oxime groups is 1. The van der Waals surface area contributed by atoms with Crippen LogP contribution in [0.1, 0.15) is 23.7 Å². The van der Waals surface area contributed by atoms with Crippen LogP contribution in [-0.4, -0.2) is 23.0 Å². The van der Waals surface area contributed by atoms with Crippen LogP contribution in [0.2, 0.25) is 0 Å². The standard InChI is InChI=1S/C11H14BrN3O2/c1-7(5-10(13)15-17)14-11(16)8-3-2-4-9(12)6-8/h2-4,6-7,17H,5H2,1H3,(H2,13,15)(H,14,16). The predicted octanol–water partition coefficient (Wildman–Crippen LogP) is 1.70. The summed E-state index contributed by atoms with van der Waals surface area (Å²) in [5.41, 5.74) is 5.91. The molecule has 5 nitrogen and oxygen atoms in total. The van der Waals surface area contributed by atoms with E-state index in [0.717, 1.165) is 4.47 Å². The summed E-state index contributed by atoms with van der Waals surface area (Å²) >= 11 is 3.30. The number of carbonyl (C=O) groups excluding carboxylic acids is 1. The van der Waals surface area contributed by atoms with Crippen LogP contribution >= 0.6 is 15.9 Å². The minimum atomic E-state index is -0.197. The molecule has 1 unspecified atom stereocenters. The predicted molar refractivity (Wildman–Crippen MR) is 69.1 cm³/mol. The number of carbonyl (C=O) groups is 1. The first kappa shape index (κ1) is 13.5. The first-order valence-electron chi connectivity index (χ1n) is 5.05. The van der Waals surface area contributed by atoms with Crippen molar-refractivity contribution in [2.75, 3.05) is 0 Å². The van der Waals surface area contributed by atoms with E-state index in [1.807, 2.05) is 6.07 Å². The third-order valence-corrected chi connectivity index (χ3v) is 2.60. The molecule has 0 radical (unpaired) electrons. The van der Waals surface area contributed by atoms with Crippen LogP contribution in [0.3, 0.4) is 0 Å². The molecule has 0 aliphatic rings. The van der Waals surface area contributed by atoms with Gasteiger partial charge in [-0.15, -0.1) is 0 Å². The van der Waals surface area contributed by atoms with E-state index >= 15 is 0 Å². The van der Waals surface area contributed by atoms with Crippen molar-refractivity contribution in [3.63, 3.8) is 0 Å². The highest BCUT2D eigenvalue weighted by Gasteiger charge is 2.11. The van der Waals surface area contributed by atoms with Gasteiger partial charge in [-0.25, -0.2) is 0 Å². The minimum Gasteiger partial charge on any atom is -0.409 e. The molecule has 1 aromatic rings. The summed E-state index contributed by atoms with van der Waals surface area (Å²) in [6, 6.07) is 6.88. The van der Waals surface area contributed by atoms with Crippen LogP contribution in [0, 0.1) is 0 Å². The molecule has 0 aromatic heterocycles. The van der Waals surface area contributed by atoms with E-state index in [9.17, 15) is 4.79 Å². The monoisotopic (exact) mass is 299 g/mol. The van der Waals surface area contributed by atoms with Crippen molar-refractivity contribution in [2.24, 2.45) is 10.9 Å². The van der Waals surface area contributed by atoms with Crippen LogP contribution < -0.4 is 11.1 Å². The average Bonchev–Trinajstić information content (AvgIpc) is 2.28. The molecule has 0 heterocycles. The normalized spacial score (nSPS) is 13.2. The fourth-order valence-corrected chi connectivity index (χ4v) is 1.74. The molecule has 0 spiro atoms. The molecule has 1 aromatic carbocycles. The van der Waals surface area contributed by atoms with Gasteiger partial charge in [0.15, 0.2) is 0 Å². The first-order valence-corrected chi connectivity index (χ1v) is 5.85. The van der Waals surface area contributed by atoms with E-state index in [0.29, 0.717) is 12.0 Å². The smallest absolute Gasteiger partial charge is 0.251 e. The number of amidine groups is 1.